The molecule has 0 bridgehead atoms. The number of morpholine rings is 1. The number of aromatic nitrogens is 1. The number of hydrogen-bond acceptors (Lipinski definition) is 5. The van der Waals surface area contributed by atoms with Gasteiger partial charge < -0.3 is 20.1 Å². The minimum Gasteiger partial charge on any atom is -0.439 e. The first-order valence-corrected chi connectivity index (χ1v) is 8.09. The number of amides is 1. The second-order valence-electron chi connectivity index (χ2n) is 5.56. The summed E-state index contributed by atoms with van der Waals surface area (Å²) >= 11 is 0. The summed E-state index contributed by atoms with van der Waals surface area (Å²) < 4.78 is 11.0. The maximum absolute atomic E-state index is 12.1. The van der Waals surface area contributed by atoms with Gasteiger partial charge in [-0.1, -0.05) is 19.1 Å². The molecule has 2 heterocycles. The Hall–Kier alpha value is -1.86. The molecule has 1 fully saturated rings. The fourth-order valence-electron chi connectivity index (χ4n) is 2.43. The van der Waals surface area contributed by atoms with Crippen LogP contribution in [0.5, 0.6) is 11.6 Å². The van der Waals surface area contributed by atoms with Gasteiger partial charge in [-0.25, -0.2) is 4.98 Å². The van der Waals surface area contributed by atoms with Gasteiger partial charge in [-0.05, 0) is 30.2 Å². The Bertz CT molecular complexity index is 692. The Labute approximate surface area is 165 Å². The van der Waals surface area contributed by atoms with Gasteiger partial charge in [0, 0.05) is 12.6 Å². The Kier molecular flexibility index (Phi) is 9.37. The molecule has 26 heavy (non-hydrogen) atoms. The van der Waals surface area contributed by atoms with E-state index < -0.39 is 0 Å². The van der Waals surface area contributed by atoms with Crippen LogP contribution in [0.25, 0.3) is 0 Å². The first-order valence-electron chi connectivity index (χ1n) is 8.09. The fourth-order valence-corrected chi connectivity index (χ4v) is 2.43. The molecule has 0 saturated carbocycles. The zero-order valence-corrected chi connectivity index (χ0v) is 16.1. The molecular formula is C18H23Cl2N3O3. The topological polar surface area (TPSA) is 72.5 Å². The third kappa shape index (κ3) is 6.14. The minimum absolute atomic E-state index is 0. The number of carbonyl (C=O) groups is 1. The van der Waals surface area contributed by atoms with Crippen LogP contribution in [0.15, 0.2) is 42.6 Å². The number of carbonyl (C=O) groups excluding carboxylic acids is 1. The van der Waals surface area contributed by atoms with Crippen molar-refractivity contribution in [2.24, 2.45) is 0 Å². The number of benzene rings is 1. The normalized spacial score (nSPS) is 16.0. The molecule has 0 radical (unpaired) electrons. The first-order chi connectivity index (χ1) is 11.7. The van der Waals surface area contributed by atoms with Gasteiger partial charge in [0.1, 0.15) is 11.8 Å². The van der Waals surface area contributed by atoms with Crippen molar-refractivity contribution in [1.29, 1.82) is 0 Å². The van der Waals surface area contributed by atoms with Crippen LogP contribution in [-0.2, 0) is 16.0 Å². The monoisotopic (exact) mass is 399 g/mol. The Morgan fingerprint density at radius 1 is 1.35 bits per heavy atom. The highest BCUT2D eigenvalue weighted by atomic mass is 35.5. The van der Waals surface area contributed by atoms with Crippen molar-refractivity contribution < 1.29 is 14.3 Å². The van der Waals surface area contributed by atoms with Crippen LogP contribution >= 0.6 is 24.8 Å². The zero-order valence-electron chi connectivity index (χ0n) is 14.4. The molecule has 1 saturated heterocycles. The smallest absolute Gasteiger partial charge is 0.243 e. The van der Waals surface area contributed by atoms with Gasteiger partial charge >= 0.3 is 0 Å². The number of halogens is 2. The third-order valence-electron chi connectivity index (χ3n) is 3.77. The average Bonchev–Trinajstić information content (AvgIpc) is 2.64. The van der Waals surface area contributed by atoms with Crippen molar-refractivity contribution in [3.8, 4) is 11.6 Å². The Balaban J connectivity index is 0.00000169. The van der Waals surface area contributed by atoms with Gasteiger partial charge in [-0.2, -0.15) is 0 Å². The van der Waals surface area contributed by atoms with Crippen molar-refractivity contribution in [2.45, 2.75) is 19.4 Å². The van der Waals surface area contributed by atoms with Crippen LogP contribution in [0.1, 0.15) is 12.5 Å². The summed E-state index contributed by atoms with van der Waals surface area (Å²) in [6, 6.07) is 11.1. The predicted octanol–water partition coefficient (Wildman–Crippen LogP) is 3.21. The van der Waals surface area contributed by atoms with Crippen molar-refractivity contribution in [3.63, 3.8) is 0 Å². The number of nitrogens with one attached hydrogen (secondary N) is 2. The molecule has 1 unspecified atom stereocenters. The van der Waals surface area contributed by atoms with Crippen LogP contribution in [0.2, 0.25) is 0 Å². The molecule has 1 aromatic carbocycles. The molecule has 1 amide bonds. The van der Waals surface area contributed by atoms with E-state index in [2.05, 4.69) is 28.6 Å². The lowest BCUT2D eigenvalue weighted by molar-refractivity contribution is -0.120. The largest absolute Gasteiger partial charge is 0.439 e. The number of nitrogens with zero attached hydrogens (tertiary/aromatic N) is 1. The van der Waals surface area contributed by atoms with Gasteiger partial charge in [-0.3, -0.25) is 4.79 Å². The summed E-state index contributed by atoms with van der Waals surface area (Å²) in [5.74, 6) is 1.11. The highest BCUT2D eigenvalue weighted by molar-refractivity contribution is 5.94. The van der Waals surface area contributed by atoms with Gasteiger partial charge in [0.2, 0.25) is 11.8 Å². The molecular weight excluding hydrogens is 377 g/mol. The zero-order chi connectivity index (χ0) is 16.8. The quantitative estimate of drug-likeness (QED) is 0.807. The molecule has 2 aromatic rings. The summed E-state index contributed by atoms with van der Waals surface area (Å²) in [4.78, 5) is 16.3. The van der Waals surface area contributed by atoms with Crippen LogP contribution in [-0.4, -0.2) is 36.7 Å². The van der Waals surface area contributed by atoms with E-state index in [9.17, 15) is 4.79 Å². The minimum atomic E-state index is -0.327. The van der Waals surface area contributed by atoms with E-state index in [1.54, 1.807) is 18.3 Å². The van der Waals surface area contributed by atoms with Crippen molar-refractivity contribution >= 4 is 36.4 Å². The van der Waals surface area contributed by atoms with E-state index in [0.29, 0.717) is 31.3 Å². The summed E-state index contributed by atoms with van der Waals surface area (Å²) in [7, 11) is 0. The first kappa shape index (κ1) is 22.2. The lowest BCUT2D eigenvalue weighted by Gasteiger charge is -2.22. The van der Waals surface area contributed by atoms with Crippen molar-refractivity contribution in [1.82, 2.24) is 10.3 Å². The molecule has 8 heteroatoms. The second kappa shape index (κ2) is 11.0. The number of ether oxygens (including phenoxy) is 2. The second-order valence-corrected chi connectivity index (χ2v) is 5.56. The van der Waals surface area contributed by atoms with E-state index >= 15 is 0 Å². The van der Waals surface area contributed by atoms with E-state index in [-0.39, 0.29) is 36.8 Å². The Morgan fingerprint density at radius 2 is 2.19 bits per heavy atom. The molecule has 2 N–H and O–H groups in total. The average molecular weight is 400 g/mol. The van der Waals surface area contributed by atoms with E-state index in [1.807, 2.05) is 18.2 Å². The van der Waals surface area contributed by atoms with Crippen LogP contribution < -0.4 is 15.4 Å². The maximum Gasteiger partial charge on any atom is 0.243 e. The highest BCUT2D eigenvalue weighted by Gasteiger charge is 2.21. The number of pyridine rings is 1. The van der Waals surface area contributed by atoms with E-state index in [1.165, 1.54) is 5.56 Å². The summed E-state index contributed by atoms with van der Waals surface area (Å²) in [5.41, 5.74) is 1.83. The van der Waals surface area contributed by atoms with Gasteiger partial charge in [0.25, 0.3) is 0 Å². The van der Waals surface area contributed by atoms with Crippen molar-refractivity contribution in [3.05, 3.63) is 48.2 Å². The number of aryl methyl sites for hydroxylation is 1. The van der Waals surface area contributed by atoms with Crippen LogP contribution in [0.3, 0.4) is 0 Å². The lowest BCUT2D eigenvalue weighted by atomic mass is 10.2. The fraction of sp³-hybridized carbons (Fsp3) is 0.333. The van der Waals surface area contributed by atoms with Gasteiger partial charge in [0.15, 0.2) is 0 Å². The number of anilines is 1. The lowest BCUT2D eigenvalue weighted by Crippen LogP contribution is -2.48. The predicted molar refractivity (Wildman–Crippen MR) is 106 cm³/mol. The molecule has 0 spiro atoms. The summed E-state index contributed by atoms with van der Waals surface area (Å²) in [6.07, 6.45) is 2.54. The Morgan fingerprint density at radius 3 is 2.85 bits per heavy atom. The molecule has 0 aliphatic carbocycles. The van der Waals surface area contributed by atoms with Crippen LogP contribution in [0, 0.1) is 0 Å². The van der Waals surface area contributed by atoms with Crippen molar-refractivity contribution in [2.75, 3.05) is 25.1 Å². The molecule has 142 valence electrons. The maximum atomic E-state index is 12.1. The standard InChI is InChI=1S/C18H21N3O3.2ClH/c1-2-13-4-3-5-15(10-13)24-17-7-6-14(11-20-17)21-18(22)16-12-23-9-8-19-16;;/h3-7,10-11,16,19H,2,8-9,12H2,1H3,(H,21,22);2*1H. The summed E-state index contributed by atoms with van der Waals surface area (Å²) in [6.45, 7) is 3.80. The van der Waals surface area contributed by atoms with Gasteiger partial charge in [-0.15, -0.1) is 24.8 Å². The van der Waals surface area contributed by atoms with E-state index in [0.717, 1.165) is 12.2 Å². The van der Waals surface area contributed by atoms with Gasteiger partial charge in [0.05, 0.1) is 25.1 Å². The molecule has 1 aliphatic rings. The molecule has 3 rings (SSSR count). The number of hydrogen-bond donors (Lipinski definition) is 2. The highest BCUT2D eigenvalue weighted by Crippen LogP contribution is 2.21. The summed E-state index contributed by atoms with van der Waals surface area (Å²) in [5, 5.41) is 5.93. The van der Waals surface area contributed by atoms with E-state index in [4.69, 9.17) is 9.47 Å². The molecule has 1 atom stereocenters. The third-order valence-corrected chi connectivity index (χ3v) is 3.77. The number of rotatable bonds is 5. The molecule has 1 aromatic heterocycles. The molecule has 6 nitrogen and oxygen atoms in total. The van der Waals surface area contributed by atoms with Crippen LogP contribution in [0.4, 0.5) is 5.69 Å². The SMILES string of the molecule is CCc1cccc(Oc2ccc(NC(=O)C3COCCN3)cn2)c1.Cl.Cl. The molecule has 1 aliphatic heterocycles.